The highest BCUT2D eigenvalue weighted by Crippen LogP contribution is 2.33. The van der Waals surface area contributed by atoms with Crippen LogP contribution in [0.15, 0.2) is 48.2 Å². The van der Waals surface area contributed by atoms with Gasteiger partial charge in [0.2, 0.25) is 0 Å². The summed E-state index contributed by atoms with van der Waals surface area (Å²) in [5, 5.41) is 15.6. The first kappa shape index (κ1) is 21.2. The lowest BCUT2D eigenvalue weighted by Gasteiger charge is -2.34. The normalized spacial score (nSPS) is 17.5. The average molecular weight is 422 g/mol. The lowest BCUT2D eigenvalue weighted by atomic mass is 9.98. The van der Waals surface area contributed by atoms with Gasteiger partial charge in [-0.25, -0.2) is 9.78 Å². The summed E-state index contributed by atoms with van der Waals surface area (Å²) in [4.78, 5) is 19.3. The number of rotatable bonds is 5. The van der Waals surface area contributed by atoms with Crippen molar-refractivity contribution >= 4 is 28.3 Å². The summed E-state index contributed by atoms with van der Waals surface area (Å²) in [5.74, 6) is 1.58. The van der Waals surface area contributed by atoms with Gasteiger partial charge in [0, 0.05) is 30.1 Å². The van der Waals surface area contributed by atoms with E-state index in [0.717, 1.165) is 66.6 Å². The molecule has 2 aliphatic rings. The van der Waals surface area contributed by atoms with E-state index >= 15 is 0 Å². The fourth-order valence-corrected chi connectivity index (χ4v) is 4.17. The smallest absolute Gasteiger partial charge is 0.407 e. The number of pyridine rings is 1. The van der Waals surface area contributed by atoms with Gasteiger partial charge in [-0.1, -0.05) is 44.2 Å². The number of piperidine rings is 1. The number of aromatic nitrogens is 1. The van der Waals surface area contributed by atoms with E-state index in [1.54, 1.807) is 6.08 Å². The Bertz CT molecular complexity index is 1000. The molecule has 1 saturated heterocycles. The number of carbonyl (C=O) groups is 1. The molecule has 1 aromatic heterocycles. The van der Waals surface area contributed by atoms with Gasteiger partial charge in [0.15, 0.2) is 0 Å². The number of hydrogen-bond acceptors (Lipinski definition) is 5. The molecule has 0 atom stereocenters. The van der Waals surface area contributed by atoms with E-state index in [1.807, 2.05) is 32.1 Å². The van der Waals surface area contributed by atoms with Crippen LogP contribution < -0.4 is 10.2 Å². The molecule has 6 nitrogen and oxygen atoms in total. The first-order valence-corrected chi connectivity index (χ1v) is 11.2. The van der Waals surface area contributed by atoms with E-state index < -0.39 is 0 Å². The lowest BCUT2D eigenvalue weighted by Crippen LogP contribution is -2.45. The number of nitrogens with one attached hydrogen (secondary N) is 1. The minimum absolute atomic E-state index is 0.112. The molecule has 1 aliphatic heterocycles. The zero-order valence-electron chi connectivity index (χ0n) is 18.3. The number of aliphatic hydroxyl groups excluding tert-OH is 1. The molecule has 0 saturated carbocycles. The molecule has 31 heavy (non-hydrogen) atoms. The molecule has 6 heteroatoms. The predicted molar refractivity (Wildman–Crippen MR) is 124 cm³/mol. The van der Waals surface area contributed by atoms with E-state index in [-0.39, 0.29) is 12.1 Å². The summed E-state index contributed by atoms with van der Waals surface area (Å²) < 4.78 is 5.26. The molecular weight excluding hydrogens is 390 g/mol. The Morgan fingerprint density at radius 3 is 2.81 bits per heavy atom. The average Bonchev–Trinajstić information content (AvgIpc) is 2.78. The van der Waals surface area contributed by atoms with Crippen LogP contribution in [0.4, 0.5) is 10.6 Å². The van der Waals surface area contributed by atoms with Crippen LogP contribution in [0.1, 0.15) is 45.2 Å². The number of alkyl carbamates (subject to hydrolysis) is 1. The summed E-state index contributed by atoms with van der Waals surface area (Å²) in [7, 11) is 0. The zero-order chi connectivity index (χ0) is 21.8. The number of carbonyl (C=O) groups excluding carboxylic acids is 1. The van der Waals surface area contributed by atoms with Crippen LogP contribution >= 0.6 is 0 Å². The highest BCUT2D eigenvalue weighted by atomic mass is 16.5. The SMILES string of the molecule is CC(C)COC(=O)NC1CCN(c2nc(C3=C(O)C=CCC3)cc3ccccc23)CC1. The summed E-state index contributed by atoms with van der Waals surface area (Å²) in [5.41, 5.74) is 1.74. The molecule has 0 bridgehead atoms. The molecule has 0 spiro atoms. The van der Waals surface area contributed by atoms with Crippen molar-refractivity contribution in [1.82, 2.24) is 10.3 Å². The molecule has 0 radical (unpaired) electrons. The minimum Gasteiger partial charge on any atom is -0.508 e. The van der Waals surface area contributed by atoms with Gasteiger partial charge in [0.1, 0.15) is 11.6 Å². The van der Waals surface area contributed by atoms with Crippen molar-refractivity contribution < 1.29 is 14.6 Å². The summed E-state index contributed by atoms with van der Waals surface area (Å²) >= 11 is 0. The second-order valence-electron chi connectivity index (χ2n) is 8.76. The van der Waals surface area contributed by atoms with Crippen LogP contribution in [0.2, 0.25) is 0 Å². The molecule has 2 N–H and O–H groups in total. The second kappa shape index (κ2) is 9.41. The monoisotopic (exact) mass is 421 g/mol. The van der Waals surface area contributed by atoms with Gasteiger partial charge in [-0.2, -0.15) is 0 Å². The maximum Gasteiger partial charge on any atom is 0.407 e. The third kappa shape index (κ3) is 5.01. The Morgan fingerprint density at radius 1 is 1.29 bits per heavy atom. The molecule has 1 fully saturated rings. The number of amides is 1. The van der Waals surface area contributed by atoms with Crippen LogP contribution in [-0.4, -0.2) is 41.9 Å². The number of ether oxygens (including phenoxy) is 1. The fourth-order valence-electron chi connectivity index (χ4n) is 4.17. The van der Waals surface area contributed by atoms with E-state index in [9.17, 15) is 9.90 Å². The van der Waals surface area contributed by atoms with Gasteiger partial charge in [-0.15, -0.1) is 0 Å². The van der Waals surface area contributed by atoms with Crippen molar-refractivity contribution in [3.63, 3.8) is 0 Å². The van der Waals surface area contributed by atoms with Crippen molar-refractivity contribution in [3.8, 4) is 0 Å². The van der Waals surface area contributed by atoms with E-state index in [0.29, 0.717) is 18.3 Å². The highest BCUT2D eigenvalue weighted by molar-refractivity contribution is 5.94. The number of fused-ring (bicyclic) bond motifs is 1. The number of aliphatic hydroxyl groups is 1. The van der Waals surface area contributed by atoms with Crippen molar-refractivity contribution in [3.05, 3.63) is 53.9 Å². The third-order valence-electron chi connectivity index (χ3n) is 5.84. The second-order valence-corrected chi connectivity index (χ2v) is 8.76. The molecule has 1 aliphatic carbocycles. The number of allylic oxidation sites excluding steroid dienone is 3. The number of nitrogens with zero attached hydrogens (tertiary/aromatic N) is 2. The van der Waals surface area contributed by atoms with Crippen LogP contribution in [0.3, 0.4) is 0 Å². The molecule has 164 valence electrons. The van der Waals surface area contributed by atoms with Crippen LogP contribution in [0.25, 0.3) is 16.3 Å². The highest BCUT2D eigenvalue weighted by Gasteiger charge is 2.24. The van der Waals surface area contributed by atoms with Crippen molar-refractivity contribution in [2.24, 2.45) is 5.92 Å². The molecule has 1 aromatic carbocycles. The first-order valence-electron chi connectivity index (χ1n) is 11.2. The summed E-state index contributed by atoms with van der Waals surface area (Å²) in [6, 6.07) is 10.4. The Morgan fingerprint density at radius 2 is 2.06 bits per heavy atom. The van der Waals surface area contributed by atoms with Crippen molar-refractivity contribution in [1.29, 1.82) is 0 Å². The largest absolute Gasteiger partial charge is 0.508 e. The van der Waals surface area contributed by atoms with Gasteiger partial charge in [-0.05, 0) is 49.1 Å². The minimum atomic E-state index is -0.328. The van der Waals surface area contributed by atoms with Gasteiger partial charge in [-0.3, -0.25) is 0 Å². The first-order chi connectivity index (χ1) is 15.0. The predicted octanol–water partition coefficient (Wildman–Crippen LogP) is 5.20. The Hall–Kier alpha value is -3.02. The Labute approximate surface area is 183 Å². The summed E-state index contributed by atoms with van der Waals surface area (Å²) in [6.07, 6.45) is 6.81. The van der Waals surface area contributed by atoms with E-state index in [2.05, 4.69) is 28.4 Å². The van der Waals surface area contributed by atoms with Gasteiger partial charge in [0.05, 0.1) is 12.3 Å². The Balaban J connectivity index is 1.52. The van der Waals surface area contributed by atoms with Crippen molar-refractivity contribution in [2.45, 2.75) is 45.6 Å². The Kier molecular flexibility index (Phi) is 6.44. The number of anilines is 1. The molecule has 4 rings (SSSR count). The van der Waals surface area contributed by atoms with E-state index in [4.69, 9.17) is 9.72 Å². The number of benzene rings is 1. The van der Waals surface area contributed by atoms with E-state index in [1.165, 1.54) is 0 Å². The topological polar surface area (TPSA) is 74.7 Å². The number of hydrogen-bond donors (Lipinski definition) is 2. The molecule has 2 heterocycles. The maximum atomic E-state index is 12.0. The fraction of sp³-hybridized carbons (Fsp3) is 0.440. The summed E-state index contributed by atoms with van der Waals surface area (Å²) in [6.45, 7) is 6.10. The van der Waals surface area contributed by atoms with Gasteiger partial charge >= 0.3 is 6.09 Å². The van der Waals surface area contributed by atoms with Crippen molar-refractivity contribution in [2.75, 3.05) is 24.6 Å². The molecule has 2 aromatic rings. The lowest BCUT2D eigenvalue weighted by molar-refractivity contribution is 0.128. The quantitative estimate of drug-likeness (QED) is 0.694. The maximum absolute atomic E-state index is 12.0. The molecular formula is C25H31N3O3. The van der Waals surface area contributed by atoms with Crippen LogP contribution in [0, 0.1) is 5.92 Å². The van der Waals surface area contributed by atoms with Crippen LogP contribution in [-0.2, 0) is 4.74 Å². The molecule has 1 amide bonds. The van der Waals surface area contributed by atoms with Gasteiger partial charge < -0.3 is 20.1 Å². The third-order valence-corrected chi connectivity index (χ3v) is 5.84. The standard InChI is InChI=1S/C25H31N3O3/c1-17(2)16-31-25(30)26-19-11-13-28(14-12-19)24-20-8-4-3-7-18(20)15-22(27-24)21-9-5-6-10-23(21)29/h3-4,6-8,10,15,17,19,29H,5,9,11-14,16H2,1-2H3,(H,26,30). The molecule has 0 unspecified atom stereocenters. The van der Waals surface area contributed by atoms with Crippen LogP contribution in [0.5, 0.6) is 0 Å². The van der Waals surface area contributed by atoms with Gasteiger partial charge in [0.25, 0.3) is 0 Å². The zero-order valence-corrected chi connectivity index (χ0v) is 18.3.